The van der Waals surface area contributed by atoms with E-state index in [1.807, 2.05) is 0 Å². The second kappa shape index (κ2) is 5.54. The molecule has 20 heavy (non-hydrogen) atoms. The Morgan fingerprint density at radius 3 is 2.15 bits per heavy atom. The summed E-state index contributed by atoms with van der Waals surface area (Å²) in [7, 11) is 0. The number of fused-ring (bicyclic) bond motifs is 1. The molecule has 0 fully saturated rings. The molecule has 0 saturated carbocycles. The molecule has 1 aliphatic carbocycles. The van der Waals surface area contributed by atoms with Crippen LogP contribution in [0.1, 0.15) is 89.0 Å². The van der Waals surface area contributed by atoms with Crippen LogP contribution in [0.3, 0.4) is 0 Å². The molecule has 1 aliphatic rings. The van der Waals surface area contributed by atoms with Crippen molar-refractivity contribution in [3.8, 4) is 0 Å². The Morgan fingerprint density at radius 1 is 1.05 bits per heavy atom. The lowest BCUT2D eigenvalue weighted by Gasteiger charge is -2.32. The van der Waals surface area contributed by atoms with Crippen molar-refractivity contribution in [3.63, 3.8) is 0 Å². The first-order chi connectivity index (χ1) is 9.34. The Morgan fingerprint density at radius 2 is 1.65 bits per heavy atom. The van der Waals surface area contributed by atoms with Gasteiger partial charge in [-0.1, -0.05) is 59.6 Å². The van der Waals surface area contributed by atoms with E-state index in [9.17, 15) is 0 Å². The third-order valence-electron chi connectivity index (χ3n) is 5.16. The highest BCUT2D eigenvalue weighted by atomic mass is 14.4. The number of rotatable bonds is 4. The van der Waals surface area contributed by atoms with Gasteiger partial charge in [0, 0.05) is 0 Å². The van der Waals surface area contributed by atoms with E-state index in [-0.39, 0.29) is 5.41 Å². The van der Waals surface area contributed by atoms with Crippen molar-refractivity contribution in [3.05, 3.63) is 34.4 Å². The van der Waals surface area contributed by atoms with Crippen LogP contribution >= 0.6 is 0 Å². The predicted octanol–water partition coefficient (Wildman–Crippen LogP) is 6.08. The van der Waals surface area contributed by atoms with Crippen molar-refractivity contribution in [2.45, 2.75) is 90.9 Å². The van der Waals surface area contributed by atoms with E-state index < -0.39 is 0 Å². The van der Waals surface area contributed by atoms with Crippen LogP contribution in [0.25, 0.3) is 0 Å². The summed E-state index contributed by atoms with van der Waals surface area (Å²) in [6.45, 7) is 14.0. The van der Waals surface area contributed by atoms with Crippen LogP contribution in [-0.4, -0.2) is 0 Å². The summed E-state index contributed by atoms with van der Waals surface area (Å²) in [4.78, 5) is 0. The molecule has 0 bridgehead atoms. The number of aryl methyl sites for hydroxylation is 2. The fraction of sp³-hybridized carbons (Fsp3) is 0.700. The molecular weight excluding hydrogens is 240 g/mol. The largest absolute Gasteiger partial charge is 0.0654 e. The molecule has 0 aliphatic heterocycles. The van der Waals surface area contributed by atoms with Crippen molar-refractivity contribution in [2.75, 3.05) is 0 Å². The standard InChI is InChI=1S/C20H32/c1-7-10-20(11-8-2)12-9-16-13-15(3)17(14-18(16)20)19(4,5)6/h13-14H,7-12H2,1-6H3. The summed E-state index contributed by atoms with van der Waals surface area (Å²) in [6, 6.07) is 5.06. The zero-order valence-electron chi connectivity index (χ0n) is 14.4. The van der Waals surface area contributed by atoms with E-state index in [1.54, 1.807) is 16.7 Å². The molecule has 1 aromatic carbocycles. The van der Waals surface area contributed by atoms with Gasteiger partial charge in [-0.3, -0.25) is 0 Å². The zero-order valence-corrected chi connectivity index (χ0v) is 14.4. The van der Waals surface area contributed by atoms with Gasteiger partial charge in [0.1, 0.15) is 0 Å². The maximum absolute atomic E-state index is 2.57. The molecule has 0 unspecified atom stereocenters. The Bertz CT molecular complexity index is 468. The van der Waals surface area contributed by atoms with Crippen LogP contribution in [-0.2, 0) is 17.3 Å². The number of hydrogen-bond acceptors (Lipinski definition) is 0. The molecule has 1 aromatic rings. The maximum Gasteiger partial charge on any atom is -0.00412 e. The summed E-state index contributed by atoms with van der Waals surface area (Å²) in [5.41, 5.74) is 7.10. The van der Waals surface area contributed by atoms with E-state index in [0.717, 1.165) is 0 Å². The van der Waals surface area contributed by atoms with Gasteiger partial charge in [0.05, 0.1) is 0 Å². The lowest BCUT2D eigenvalue weighted by atomic mass is 9.72. The summed E-state index contributed by atoms with van der Waals surface area (Å²) >= 11 is 0. The van der Waals surface area contributed by atoms with Crippen LogP contribution in [0.5, 0.6) is 0 Å². The van der Waals surface area contributed by atoms with Crippen molar-refractivity contribution < 1.29 is 0 Å². The van der Waals surface area contributed by atoms with Gasteiger partial charge >= 0.3 is 0 Å². The van der Waals surface area contributed by atoms with Gasteiger partial charge in [0.2, 0.25) is 0 Å². The van der Waals surface area contributed by atoms with E-state index in [2.05, 4.69) is 53.7 Å². The molecule has 0 atom stereocenters. The van der Waals surface area contributed by atoms with Crippen LogP contribution in [0, 0.1) is 6.92 Å². The fourth-order valence-corrected chi connectivity index (χ4v) is 4.39. The molecule has 0 heterocycles. The molecule has 0 spiro atoms. The minimum Gasteiger partial charge on any atom is -0.0654 e. The molecule has 0 saturated heterocycles. The molecule has 0 amide bonds. The highest BCUT2D eigenvalue weighted by molar-refractivity contribution is 5.47. The van der Waals surface area contributed by atoms with Gasteiger partial charge in [-0.25, -0.2) is 0 Å². The van der Waals surface area contributed by atoms with Gasteiger partial charge in [0.25, 0.3) is 0 Å². The maximum atomic E-state index is 2.57. The summed E-state index contributed by atoms with van der Waals surface area (Å²) in [5, 5.41) is 0. The predicted molar refractivity (Wildman–Crippen MR) is 89.7 cm³/mol. The first-order valence-electron chi connectivity index (χ1n) is 8.48. The van der Waals surface area contributed by atoms with Crippen molar-refractivity contribution in [1.29, 1.82) is 0 Å². The first kappa shape index (κ1) is 15.6. The van der Waals surface area contributed by atoms with E-state index in [0.29, 0.717) is 5.41 Å². The smallest absolute Gasteiger partial charge is 0.00412 e. The first-order valence-corrected chi connectivity index (χ1v) is 8.48. The highest BCUT2D eigenvalue weighted by Gasteiger charge is 2.38. The third kappa shape index (κ3) is 2.67. The highest BCUT2D eigenvalue weighted by Crippen LogP contribution is 2.47. The van der Waals surface area contributed by atoms with Gasteiger partial charge in [-0.2, -0.15) is 0 Å². The molecule has 0 radical (unpaired) electrons. The number of benzene rings is 1. The van der Waals surface area contributed by atoms with Crippen LogP contribution in [0.15, 0.2) is 12.1 Å². The molecule has 0 heteroatoms. The van der Waals surface area contributed by atoms with Gasteiger partial charge in [-0.05, 0) is 65.7 Å². The zero-order chi connectivity index (χ0) is 15.0. The van der Waals surface area contributed by atoms with Crippen molar-refractivity contribution >= 4 is 0 Å². The Balaban J connectivity index is 2.54. The van der Waals surface area contributed by atoms with Crippen LogP contribution in [0.4, 0.5) is 0 Å². The lowest BCUT2D eigenvalue weighted by molar-refractivity contribution is 0.354. The second-order valence-corrected chi connectivity index (χ2v) is 7.85. The molecular formula is C20H32. The SMILES string of the molecule is CCCC1(CCC)CCc2cc(C)c(C(C)(C)C)cc21. The average Bonchev–Trinajstić information content (AvgIpc) is 2.66. The van der Waals surface area contributed by atoms with Gasteiger partial charge < -0.3 is 0 Å². The van der Waals surface area contributed by atoms with Crippen molar-refractivity contribution in [2.24, 2.45) is 0 Å². The Labute approximate surface area is 126 Å². The molecule has 0 N–H and O–H groups in total. The van der Waals surface area contributed by atoms with E-state index in [4.69, 9.17) is 0 Å². The average molecular weight is 272 g/mol. The lowest BCUT2D eigenvalue weighted by Crippen LogP contribution is -2.24. The summed E-state index contributed by atoms with van der Waals surface area (Å²) in [5.74, 6) is 0. The quantitative estimate of drug-likeness (QED) is 0.623. The minimum absolute atomic E-state index is 0.256. The summed E-state index contributed by atoms with van der Waals surface area (Å²) < 4.78 is 0. The molecule has 112 valence electrons. The van der Waals surface area contributed by atoms with Gasteiger partial charge in [-0.15, -0.1) is 0 Å². The van der Waals surface area contributed by atoms with Gasteiger partial charge in [0.15, 0.2) is 0 Å². The topological polar surface area (TPSA) is 0 Å². The molecule has 0 aromatic heterocycles. The molecule has 0 nitrogen and oxygen atoms in total. The van der Waals surface area contributed by atoms with E-state index in [1.165, 1.54) is 44.1 Å². The van der Waals surface area contributed by atoms with Crippen molar-refractivity contribution in [1.82, 2.24) is 0 Å². The third-order valence-corrected chi connectivity index (χ3v) is 5.16. The minimum atomic E-state index is 0.256. The molecule has 2 rings (SSSR count). The Kier molecular flexibility index (Phi) is 4.33. The normalized spacial score (nSPS) is 17.3. The monoisotopic (exact) mass is 272 g/mol. The fourth-order valence-electron chi connectivity index (χ4n) is 4.39. The second-order valence-electron chi connectivity index (χ2n) is 7.85. The number of hydrogen-bond donors (Lipinski definition) is 0. The van der Waals surface area contributed by atoms with Crippen LogP contribution < -0.4 is 0 Å². The van der Waals surface area contributed by atoms with Crippen LogP contribution in [0.2, 0.25) is 0 Å². The Hall–Kier alpha value is -0.780. The summed E-state index contributed by atoms with van der Waals surface area (Å²) in [6.07, 6.45) is 7.99. The van der Waals surface area contributed by atoms with E-state index >= 15 is 0 Å².